The molecule has 1 aliphatic rings. The molecule has 2 rings (SSSR count). The van der Waals surface area contributed by atoms with E-state index >= 15 is 0 Å². The van der Waals surface area contributed by atoms with Crippen molar-refractivity contribution < 1.29 is 5.11 Å². The molecule has 0 amide bonds. The highest BCUT2D eigenvalue weighted by Gasteiger charge is 2.38. The summed E-state index contributed by atoms with van der Waals surface area (Å²) in [6.07, 6.45) is 7.19. The summed E-state index contributed by atoms with van der Waals surface area (Å²) in [5, 5.41) is 15.1. The average molecular weight is 264 g/mol. The first-order valence-electron chi connectivity index (χ1n) is 7.66. The Balaban J connectivity index is 1.99. The van der Waals surface area contributed by atoms with E-state index in [-0.39, 0.29) is 11.5 Å². The van der Waals surface area contributed by atoms with Gasteiger partial charge in [0, 0.05) is 18.7 Å². The number of aliphatic hydroxyl groups is 1. The molecular formula is C16H28N2O. The molecule has 3 heteroatoms. The normalized spacial score (nSPS) is 25.4. The molecule has 0 aliphatic heterocycles. The van der Waals surface area contributed by atoms with E-state index < -0.39 is 0 Å². The van der Waals surface area contributed by atoms with Crippen LogP contribution in [0.4, 0.5) is 0 Å². The number of hydrogen-bond acceptors (Lipinski definition) is 2. The van der Waals surface area contributed by atoms with Crippen molar-refractivity contribution in [3.8, 4) is 0 Å². The summed E-state index contributed by atoms with van der Waals surface area (Å²) in [4.78, 5) is 0. The van der Waals surface area contributed by atoms with E-state index in [9.17, 15) is 5.11 Å². The van der Waals surface area contributed by atoms with Crippen LogP contribution in [0.2, 0.25) is 0 Å². The van der Waals surface area contributed by atoms with Gasteiger partial charge in [-0.05, 0) is 43.6 Å². The van der Waals surface area contributed by atoms with Gasteiger partial charge in [0.25, 0.3) is 0 Å². The van der Waals surface area contributed by atoms with Crippen molar-refractivity contribution >= 4 is 0 Å². The van der Waals surface area contributed by atoms with Crippen LogP contribution in [0.3, 0.4) is 0 Å². The van der Waals surface area contributed by atoms with Crippen LogP contribution in [0, 0.1) is 11.3 Å². The lowest BCUT2D eigenvalue weighted by molar-refractivity contribution is 0.0534. The summed E-state index contributed by atoms with van der Waals surface area (Å²) in [5.41, 5.74) is 1.30. The van der Waals surface area contributed by atoms with Crippen LogP contribution in [0.25, 0.3) is 0 Å². The molecule has 1 aromatic rings. The van der Waals surface area contributed by atoms with Crippen LogP contribution in [-0.4, -0.2) is 21.0 Å². The smallest absolute Gasteiger partial charge is 0.0650 e. The van der Waals surface area contributed by atoms with E-state index in [1.54, 1.807) is 0 Å². The first-order chi connectivity index (χ1) is 8.94. The minimum absolute atomic E-state index is 0.252. The number of aliphatic hydroxyl groups excluding tert-OH is 1. The van der Waals surface area contributed by atoms with Gasteiger partial charge in [-0.15, -0.1) is 0 Å². The molecule has 1 saturated carbocycles. The Bertz CT molecular complexity index is 411. The van der Waals surface area contributed by atoms with Crippen molar-refractivity contribution in [3.63, 3.8) is 0 Å². The van der Waals surface area contributed by atoms with E-state index in [1.807, 2.05) is 10.9 Å². The van der Waals surface area contributed by atoms with Crippen molar-refractivity contribution in [2.45, 2.75) is 71.9 Å². The predicted octanol–water partition coefficient (Wildman–Crippen LogP) is 3.58. The van der Waals surface area contributed by atoms with Gasteiger partial charge in [0.15, 0.2) is 0 Å². The molecule has 1 aliphatic carbocycles. The van der Waals surface area contributed by atoms with Crippen molar-refractivity contribution in [1.29, 1.82) is 0 Å². The van der Waals surface area contributed by atoms with Gasteiger partial charge in [-0.2, -0.15) is 5.10 Å². The van der Waals surface area contributed by atoms with Crippen LogP contribution in [0.5, 0.6) is 0 Å². The Kier molecular flexibility index (Phi) is 4.34. The van der Waals surface area contributed by atoms with E-state index in [0.717, 1.165) is 18.5 Å². The van der Waals surface area contributed by atoms with Crippen LogP contribution < -0.4 is 0 Å². The van der Waals surface area contributed by atoms with Gasteiger partial charge in [-0.3, -0.25) is 4.68 Å². The molecular weight excluding hydrogens is 236 g/mol. The van der Waals surface area contributed by atoms with Crippen LogP contribution in [-0.2, 0) is 6.42 Å². The molecule has 19 heavy (non-hydrogen) atoms. The van der Waals surface area contributed by atoms with Gasteiger partial charge in [0.05, 0.1) is 11.8 Å². The SMILES string of the molecule is CCC(C)n1ccc(CC(O)C2CCCC2(C)C)n1. The van der Waals surface area contributed by atoms with E-state index in [1.165, 1.54) is 12.8 Å². The Morgan fingerprint density at radius 3 is 2.84 bits per heavy atom. The molecule has 0 aromatic carbocycles. The van der Waals surface area contributed by atoms with Gasteiger partial charge in [0.1, 0.15) is 0 Å². The first-order valence-corrected chi connectivity index (χ1v) is 7.66. The molecule has 108 valence electrons. The lowest BCUT2D eigenvalue weighted by Crippen LogP contribution is -2.31. The largest absolute Gasteiger partial charge is 0.392 e. The molecule has 0 saturated heterocycles. The molecule has 3 atom stereocenters. The number of rotatable bonds is 5. The fraction of sp³-hybridized carbons (Fsp3) is 0.812. The minimum atomic E-state index is -0.252. The Morgan fingerprint density at radius 1 is 1.53 bits per heavy atom. The zero-order chi connectivity index (χ0) is 14.0. The topological polar surface area (TPSA) is 38.0 Å². The van der Waals surface area contributed by atoms with Crippen molar-refractivity contribution in [2.24, 2.45) is 11.3 Å². The summed E-state index contributed by atoms with van der Waals surface area (Å²) in [5.74, 6) is 0.418. The minimum Gasteiger partial charge on any atom is -0.392 e. The highest BCUT2D eigenvalue weighted by Crippen LogP contribution is 2.44. The molecule has 1 N–H and O–H groups in total. The molecule has 0 bridgehead atoms. The predicted molar refractivity (Wildman–Crippen MR) is 78.1 cm³/mol. The number of nitrogens with zero attached hydrogens (tertiary/aromatic N) is 2. The highest BCUT2D eigenvalue weighted by molar-refractivity contribution is 5.03. The Morgan fingerprint density at radius 2 is 2.26 bits per heavy atom. The summed E-state index contributed by atoms with van der Waals surface area (Å²) in [7, 11) is 0. The number of aromatic nitrogens is 2. The second-order valence-electron chi connectivity index (χ2n) is 6.80. The monoisotopic (exact) mass is 264 g/mol. The standard InChI is InChI=1S/C16H28N2O/c1-5-12(2)18-10-8-13(17-18)11-15(19)14-7-6-9-16(14,3)4/h8,10,12,14-15,19H,5-7,9,11H2,1-4H3. The number of hydrogen-bond donors (Lipinski definition) is 1. The maximum Gasteiger partial charge on any atom is 0.0650 e. The molecule has 0 radical (unpaired) electrons. The fourth-order valence-electron chi connectivity index (χ4n) is 3.34. The third kappa shape index (κ3) is 3.19. The van der Waals surface area contributed by atoms with E-state index in [2.05, 4.69) is 38.9 Å². The maximum absolute atomic E-state index is 10.5. The molecule has 1 heterocycles. The van der Waals surface area contributed by atoms with Gasteiger partial charge >= 0.3 is 0 Å². The van der Waals surface area contributed by atoms with Gasteiger partial charge in [-0.1, -0.05) is 27.2 Å². The molecule has 0 spiro atoms. The van der Waals surface area contributed by atoms with Crippen LogP contribution in [0.15, 0.2) is 12.3 Å². The molecule has 3 nitrogen and oxygen atoms in total. The van der Waals surface area contributed by atoms with Gasteiger partial charge < -0.3 is 5.11 Å². The lowest BCUT2D eigenvalue weighted by atomic mass is 9.77. The van der Waals surface area contributed by atoms with E-state index in [0.29, 0.717) is 18.4 Å². The summed E-state index contributed by atoms with van der Waals surface area (Å²) in [6, 6.07) is 2.49. The highest BCUT2D eigenvalue weighted by atomic mass is 16.3. The average Bonchev–Trinajstić information content (AvgIpc) is 2.94. The third-order valence-corrected chi connectivity index (χ3v) is 4.93. The Hall–Kier alpha value is -0.830. The maximum atomic E-state index is 10.5. The fourth-order valence-corrected chi connectivity index (χ4v) is 3.34. The molecule has 1 aromatic heterocycles. The Labute approximate surface area is 117 Å². The summed E-state index contributed by atoms with van der Waals surface area (Å²) < 4.78 is 2.02. The lowest BCUT2D eigenvalue weighted by Gasteiger charge is -2.30. The quantitative estimate of drug-likeness (QED) is 0.882. The molecule has 3 unspecified atom stereocenters. The zero-order valence-electron chi connectivity index (χ0n) is 12.8. The summed E-state index contributed by atoms with van der Waals surface area (Å²) in [6.45, 7) is 8.91. The second-order valence-corrected chi connectivity index (χ2v) is 6.80. The third-order valence-electron chi connectivity index (χ3n) is 4.93. The second kappa shape index (κ2) is 5.66. The van der Waals surface area contributed by atoms with Crippen molar-refractivity contribution in [2.75, 3.05) is 0 Å². The van der Waals surface area contributed by atoms with Crippen molar-refractivity contribution in [3.05, 3.63) is 18.0 Å². The zero-order valence-corrected chi connectivity index (χ0v) is 12.8. The van der Waals surface area contributed by atoms with Gasteiger partial charge in [0.2, 0.25) is 0 Å². The van der Waals surface area contributed by atoms with Crippen molar-refractivity contribution in [1.82, 2.24) is 9.78 Å². The first kappa shape index (κ1) is 14.6. The van der Waals surface area contributed by atoms with Crippen LogP contribution >= 0.6 is 0 Å². The van der Waals surface area contributed by atoms with Crippen LogP contribution in [0.1, 0.15) is 65.1 Å². The van der Waals surface area contributed by atoms with E-state index in [4.69, 9.17) is 0 Å². The van der Waals surface area contributed by atoms with Gasteiger partial charge in [-0.25, -0.2) is 0 Å². The molecule has 1 fully saturated rings. The summed E-state index contributed by atoms with van der Waals surface area (Å²) >= 11 is 0.